The Bertz CT molecular complexity index is 762. The van der Waals surface area contributed by atoms with E-state index < -0.39 is 6.67 Å². The third kappa shape index (κ3) is 3.01. The molecule has 0 spiro atoms. The molecule has 2 aliphatic heterocycles. The van der Waals surface area contributed by atoms with Crippen LogP contribution in [0.1, 0.15) is 29.6 Å². The summed E-state index contributed by atoms with van der Waals surface area (Å²) in [5.41, 5.74) is 1.69. The largest absolute Gasteiger partial charge is 0.339 e. The van der Waals surface area contributed by atoms with Crippen molar-refractivity contribution in [2.24, 2.45) is 5.92 Å². The van der Waals surface area contributed by atoms with E-state index in [2.05, 4.69) is 0 Å². The predicted octanol–water partition coefficient (Wildman–Crippen LogP) is 2.36. The second-order valence-corrected chi connectivity index (χ2v) is 7.06. The summed E-state index contributed by atoms with van der Waals surface area (Å²) in [4.78, 5) is 28.5. The summed E-state index contributed by atoms with van der Waals surface area (Å²) in [6.07, 6.45) is 5.65. The molecule has 0 N–H and O–H groups in total. The number of fused-ring (bicyclic) bond motifs is 1. The first kappa shape index (κ1) is 16.1. The van der Waals surface area contributed by atoms with Gasteiger partial charge in [0.25, 0.3) is 5.91 Å². The van der Waals surface area contributed by atoms with Crippen molar-refractivity contribution in [1.82, 2.24) is 14.2 Å². The fourth-order valence-corrected chi connectivity index (χ4v) is 4.00. The van der Waals surface area contributed by atoms with Gasteiger partial charge in [-0.3, -0.25) is 14.0 Å². The van der Waals surface area contributed by atoms with E-state index in [1.165, 1.54) is 0 Å². The van der Waals surface area contributed by atoms with Crippen LogP contribution in [0, 0.1) is 5.92 Å². The molecule has 25 heavy (non-hydrogen) atoms. The second-order valence-electron chi connectivity index (χ2n) is 7.06. The second kappa shape index (κ2) is 6.50. The Labute approximate surface area is 146 Å². The molecule has 0 aromatic carbocycles. The first-order chi connectivity index (χ1) is 12.2. The topological polar surface area (TPSA) is 45.0 Å². The summed E-state index contributed by atoms with van der Waals surface area (Å²) < 4.78 is 14.8. The van der Waals surface area contributed by atoms with Gasteiger partial charge in [-0.05, 0) is 31.0 Å². The number of amides is 2. The summed E-state index contributed by atoms with van der Waals surface area (Å²) in [6, 6.07) is 7.91. The Morgan fingerprint density at radius 1 is 1.24 bits per heavy atom. The van der Waals surface area contributed by atoms with Gasteiger partial charge in [-0.25, -0.2) is 0 Å². The molecule has 2 aliphatic rings. The van der Waals surface area contributed by atoms with Gasteiger partial charge in [-0.2, -0.15) is 0 Å². The minimum absolute atomic E-state index is 0.0385. The third-order valence-corrected chi connectivity index (χ3v) is 5.40. The van der Waals surface area contributed by atoms with E-state index in [0.717, 1.165) is 18.4 Å². The van der Waals surface area contributed by atoms with Gasteiger partial charge in [0, 0.05) is 55.9 Å². The number of likely N-dealkylation sites (tertiary alicyclic amines) is 2. The van der Waals surface area contributed by atoms with Gasteiger partial charge in [0.05, 0.1) is 12.2 Å². The lowest BCUT2D eigenvalue weighted by Crippen LogP contribution is -2.47. The van der Waals surface area contributed by atoms with Crippen molar-refractivity contribution in [1.29, 1.82) is 0 Å². The summed E-state index contributed by atoms with van der Waals surface area (Å²) in [7, 11) is 0. The number of rotatable bonds is 3. The van der Waals surface area contributed by atoms with Gasteiger partial charge in [0.1, 0.15) is 0 Å². The van der Waals surface area contributed by atoms with E-state index in [4.69, 9.17) is 0 Å². The van der Waals surface area contributed by atoms with Crippen molar-refractivity contribution in [3.8, 4) is 0 Å². The zero-order chi connectivity index (χ0) is 17.4. The summed E-state index contributed by atoms with van der Waals surface area (Å²) in [5.74, 6) is -0.0522. The average molecular weight is 343 g/mol. The standard InChI is InChI=1S/C19H22FN3O2/c20-11-14-9-18(24)23(12-14)16-4-7-21(8-5-16)19(25)15-10-17-3-1-2-6-22(17)13-15/h1-3,6,10,13-14,16H,4-5,7-9,11-12H2. The number of hydrogen-bond acceptors (Lipinski definition) is 2. The van der Waals surface area contributed by atoms with Crippen molar-refractivity contribution < 1.29 is 14.0 Å². The SMILES string of the molecule is O=C(c1cc2ccccn2c1)N1CCC(N2CC(CF)CC2=O)CC1. The van der Waals surface area contributed by atoms with Gasteiger partial charge in [-0.1, -0.05) is 6.07 Å². The first-order valence-corrected chi connectivity index (χ1v) is 8.87. The first-order valence-electron chi connectivity index (χ1n) is 8.87. The van der Waals surface area contributed by atoms with Crippen molar-refractivity contribution in [3.05, 3.63) is 42.2 Å². The van der Waals surface area contributed by atoms with Crippen LogP contribution in [0.4, 0.5) is 4.39 Å². The third-order valence-electron chi connectivity index (χ3n) is 5.40. The van der Waals surface area contributed by atoms with Crippen LogP contribution in [-0.4, -0.2) is 58.4 Å². The molecule has 0 radical (unpaired) electrons. The van der Waals surface area contributed by atoms with E-state index in [9.17, 15) is 14.0 Å². The maximum atomic E-state index is 12.8. The summed E-state index contributed by atoms with van der Waals surface area (Å²) >= 11 is 0. The van der Waals surface area contributed by atoms with Gasteiger partial charge in [-0.15, -0.1) is 0 Å². The van der Waals surface area contributed by atoms with E-state index in [1.807, 2.05) is 50.9 Å². The normalized spacial score (nSPS) is 22.1. The Hall–Kier alpha value is -2.37. The molecule has 0 aliphatic carbocycles. The van der Waals surface area contributed by atoms with Crippen LogP contribution in [0.5, 0.6) is 0 Å². The number of halogens is 1. The lowest BCUT2D eigenvalue weighted by molar-refractivity contribution is -0.130. The molecule has 0 bridgehead atoms. The maximum Gasteiger partial charge on any atom is 0.255 e. The van der Waals surface area contributed by atoms with E-state index >= 15 is 0 Å². The van der Waals surface area contributed by atoms with Crippen LogP contribution in [0.25, 0.3) is 5.52 Å². The van der Waals surface area contributed by atoms with Crippen molar-refractivity contribution in [2.75, 3.05) is 26.3 Å². The summed E-state index contributed by atoms with van der Waals surface area (Å²) in [5, 5.41) is 0. The van der Waals surface area contributed by atoms with Gasteiger partial charge in [0.15, 0.2) is 0 Å². The number of carbonyl (C=O) groups excluding carboxylic acids is 2. The average Bonchev–Trinajstić information content (AvgIpc) is 3.24. The lowest BCUT2D eigenvalue weighted by Gasteiger charge is -2.36. The number of pyridine rings is 1. The Balaban J connectivity index is 1.40. The molecule has 2 amide bonds. The molecule has 4 rings (SSSR count). The Kier molecular flexibility index (Phi) is 4.19. The molecule has 1 unspecified atom stereocenters. The van der Waals surface area contributed by atoms with Crippen LogP contribution >= 0.6 is 0 Å². The Morgan fingerprint density at radius 3 is 2.72 bits per heavy atom. The highest BCUT2D eigenvalue weighted by molar-refractivity contribution is 5.95. The maximum absolute atomic E-state index is 12.8. The lowest BCUT2D eigenvalue weighted by atomic mass is 10.0. The highest BCUT2D eigenvalue weighted by atomic mass is 19.1. The number of alkyl halides is 1. The van der Waals surface area contributed by atoms with Crippen LogP contribution in [-0.2, 0) is 4.79 Å². The van der Waals surface area contributed by atoms with Gasteiger partial charge < -0.3 is 14.2 Å². The molecule has 2 aromatic rings. The minimum atomic E-state index is -0.429. The number of aromatic nitrogens is 1. The number of carbonyl (C=O) groups is 2. The molecule has 0 saturated carbocycles. The molecule has 132 valence electrons. The molecule has 2 fully saturated rings. The highest BCUT2D eigenvalue weighted by Gasteiger charge is 2.36. The fourth-order valence-electron chi connectivity index (χ4n) is 4.00. The molecule has 2 saturated heterocycles. The zero-order valence-corrected chi connectivity index (χ0v) is 14.1. The fraction of sp³-hybridized carbons (Fsp3) is 0.474. The van der Waals surface area contributed by atoms with Gasteiger partial charge in [0.2, 0.25) is 5.91 Å². The smallest absolute Gasteiger partial charge is 0.255 e. The molecule has 4 heterocycles. The van der Waals surface area contributed by atoms with Crippen LogP contribution in [0.2, 0.25) is 0 Å². The van der Waals surface area contributed by atoms with Gasteiger partial charge >= 0.3 is 0 Å². The number of hydrogen-bond donors (Lipinski definition) is 0. The van der Waals surface area contributed by atoms with Crippen LogP contribution in [0.3, 0.4) is 0 Å². The predicted molar refractivity (Wildman–Crippen MR) is 92.1 cm³/mol. The van der Waals surface area contributed by atoms with Crippen molar-refractivity contribution in [3.63, 3.8) is 0 Å². The monoisotopic (exact) mass is 343 g/mol. The molecular weight excluding hydrogens is 321 g/mol. The van der Waals surface area contributed by atoms with Crippen LogP contribution < -0.4 is 0 Å². The molecule has 6 heteroatoms. The van der Waals surface area contributed by atoms with E-state index in [1.54, 1.807) is 0 Å². The van der Waals surface area contributed by atoms with Crippen molar-refractivity contribution >= 4 is 17.3 Å². The number of piperidine rings is 1. The molecular formula is C19H22FN3O2. The molecule has 5 nitrogen and oxygen atoms in total. The molecule has 1 atom stereocenters. The summed E-state index contributed by atoms with van der Waals surface area (Å²) in [6.45, 7) is 1.38. The van der Waals surface area contributed by atoms with Crippen LogP contribution in [0.15, 0.2) is 36.7 Å². The zero-order valence-electron chi connectivity index (χ0n) is 14.1. The minimum Gasteiger partial charge on any atom is -0.339 e. The van der Waals surface area contributed by atoms with E-state index in [-0.39, 0.29) is 23.8 Å². The highest BCUT2D eigenvalue weighted by Crippen LogP contribution is 2.26. The quantitative estimate of drug-likeness (QED) is 0.859. The van der Waals surface area contributed by atoms with E-state index in [0.29, 0.717) is 31.6 Å². The molecule has 2 aromatic heterocycles. The van der Waals surface area contributed by atoms with Crippen molar-refractivity contribution in [2.45, 2.75) is 25.3 Å². The number of nitrogens with zero attached hydrogens (tertiary/aromatic N) is 3. The Morgan fingerprint density at radius 2 is 2.04 bits per heavy atom.